The largest absolute Gasteiger partial charge is 0.341 e. The van der Waals surface area contributed by atoms with Gasteiger partial charge in [0.1, 0.15) is 6.04 Å². The van der Waals surface area contributed by atoms with Crippen LogP contribution in [0.4, 0.5) is 5.69 Å². The lowest BCUT2D eigenvalue weighted by Gasteiger charge is -2.36. The van der Waals surface area contributed by atoms with Crippen LogP contribution in [0, 0.1) is 6.92 Å². The molecule has 134 valence electrons. The normalized spacial score (nSPS) is 16.8. The SMILES string of the molecule is CC[C@@H](C(=O)N1CCCCC1)N(c1cc(Cl)ccc1C)S(C)(=O)=O. The zero-order valence-corrected chi connectivity index (χ0v) is 16.0. The predicted octanol–water partition coefficient (Wildman–Crippen LogP) is 3.21. The highest BCUT2D eigenvalue weighted by Gasteiger charge is 2.35. The molecule has 0 saturated carbocycles. The molecule has 0 spiro atoms. The maximum Gasteiger partial charge on any atom is 0.246 e. The van der Waals surface area contributed by atoms with Gasteiger partial charge in [0.05, 0.1) is 11.9 Å². The van der Waals surface area contributed by atoms with Gasteiger partial charge in [-0.05, 0) is 50.3 Å². The molecule has 0 unspecified atom stereocenters. The smallest absolute Gasteiger partial charge is 0.246 e. The van der Waals surface area contributed by atoms with Crippen LogP contribution in [0.5, 0.6) is 0 Å². The molecular weight excluding hydrogens is 348 g/mol. The quantitative estimate of drug-likeness (QED) is 0.797. The number of amides is 1. The third-order valence-corrected chi connectivity index (χ3v) is 5.79. The van der Waals surface area contributed by atoms with Gasteiger partial charge < -0.3 is 4.90 Å². The molecule has 0 N–H and O–H groups in total. The molecule has 7 heteroatoms. The topological polar surface area (TPSA) is 57.7 Å². The van der Waals surface area contributed by atoms with E-state index < -0.39 is 16.1 Å². The van der Waals surface area contributed by atoms with Gasteiger partial charge in [-0.2, -0.15) is 0 Å². The Morgan fingerprint density at radius 2 is 1.92 bits per heavy atom. The number of benzene rings is 1. The van der Waals surface area contributed by atoms with Gasteiger partial charge in [-0.25, -0.2) is 8.42 Å². The van der Waals surface area contributed by atoms with Crippen molar-refractivity contribution in [3.8, 4) is 0 Å². The fraction of sp³-hybridized carbons (Fsp3) is 0.588. The van der Waals surface area contributed by atoms with E-state index in [1.54, 1.807) is 23.1 Å². The van der Waals surface area contributed by atoms with Crippen LogP contribution in [-0.4, -0.2) is 44.6 Å². The van der Waals surface area contributed by atoms with Crippen molar-refractivity contribution in [1.82, 2.24) is 4.90 Å². The fourth-order valence-corrected chi connectivity index (χ4v) is 4.59. The van der Waals surface area contributed by atoms with Crippen LogP contribution >= 0.6 is 11.6 Å². The highest BCUT2D eigenvalue weighted by Crippen LogP contribution is 2.30. The van der Waals surface area contributed by atoms with E-state index in [0.717, 1.165) is 31.1 Å². The molecule has 1 heterocycles. The summed E-state index contributed by atoms with van der Waals surface area (Å²) in [6.07, 6.45) is 4.60. The number of anilines is 1. The Labute approximate surface area is 149 Å². The summed E-state index contributed by atoms with van der Waals surface area (Å²) in [4.78, 5) is 14.8. The number of hydrogen-bond donors (Lipinski definition) is 0. The minimum atomic E-state index is -3.63. The van der Waals surface area contributed by atoms with Gasteiger partial charge in [0.2, 0.25) is 15.9 Å². The lowest BCUT2D eigenvalue weighted by molar-refractivity contribution is -0.133. The monoisotopic (exact) mass is 372 g/mol. The molecule has 1 saturated heterocycles. The molecule has 24 heavy (non-hydrogen) atoms. The summed E-state index contributed by atoms with van der Waals surface area (Å²) in [6, 6.07) is 4.36. The van der Waals surface area contributed by atoms with Crippen LogP contribution < -0.4 is 4.31 Å². The maximum absolute atomic E-state index is 13.0. The van der Waals surface area contributed by atoms with Crippen molar-refractivity contribution in [3.05, 3.63) is 28.8 Å². The molecule has 0 aliphatic carbocycles. The van der Waals surface area contributed by atoms with Gasteiger partial charge in [-0.3, -0.25) is 9.10 Å². The van der Waals surface area contributed by atoms with Gasteiger partial charge >= 0.3 is 0 Å². The summed E-state index contributed by atoms with van der Waals surface area (Å²) in [7, 11) is -3.63. The van der Waals surface area contributed by atoms with E-state index >= 15 is 0 Å². The van der Waals surface area contributed by atoms with Crippen LogP contribution in [0.1, 0.15) is 38.2 Å². The third-order valence-electron chi connectivity index (χ3n) is 4.39. The van der Waals surface area contributed by atoms with E-state index in [1.807, 2.05) is 13.8 Å². The molecule has 0 aromatic heterocycles. The molecule has 1 aliphatic heterocycles. The molecule has 0 radical (unpaired) electrons. The van der Waals surface area contributed by atoms with Gasteiger partial charge in [0, 0.05) is 18.1 Å². The van der Waals surface area contributed by atoms with Crippen LogP contribution in [-0.2, 0) is 14.8 Å². The summed E-state index contributed by atoms with van der Waals surface area (Å²) in [5.41, 5.74) is 1.25. The summed E-state index contributed by atoms with van der Waals surface area (Å²) in [5, 5.41) is 0.449. The number of halogens is 1. The molecule has 1 aromatic carbocycles. The molecule has 1 amide bonds. The Hall–Kier alpha value is -1.27. The van der Waals surface area contributed by atoms with Crippen LogP contribution in [0.2, 0.25) is 5.02 Å². The highest BCUT2D eigenvalue weighted by atomic mass is 35.5. The highest BCUT2D eigenvalue weighted by molar-refractivity contribution is 7.92. The number of sulfonamides is 1. The van der Waals surface area contributed by atoms with Crippen molar-refractivity contribution >= 4 is 33.2 Å². The van der Waals surface area contributed by atoms with E-state index in [-0.39, 0.29) is 5.91 Å². The summed E-state index contributed by atoms with van der Waals surface area (Å²) in [5.74, 6) is -0.123. The Balaban J connectivity index is 2.45. The first-order valence-electron chi connectivity index (χ1n) is 8.30. The first kappa shape index (κ1) is 19.1. The van der Waals surface area contributed by atoms with Crippen molar-refractivity contribution in [3.63, 3.8) is 0 Å². The molecular formula is C17H25ClN2O3S. The van der Waals surface area contributed by atoms with E-state index in [1.165, 1.54) is 4.31 Å². The molecule has 2 rings (SSSR count). The molecule has 0 bridgehead atoms. The van der Waals surface area contributed by atoms with Crippen molar-refractivity contribution in [2.75, 3.05) is 23.7 Å². The lowest BCUT2D eigenvalue weighted by atomic mass is 10.1. The maximum atomic E-state index is 13.0. The summed E-state index contributed by atoms with van der Waals surface area (Å²) < 4.78 is 26.2. The number of rotatable bonds is 5. The lowest BCUT2D eigenvalue weighted by Crippen LogP contribution is -2.52. The summed E-state index contributed by atoms with van der Waals surface area (Å²) >= 11 is 6.07. The average molecular weight is 373 g/mol. The van der Waals surface area contributed by atoms with Crippen molar-refractivity contribution in [2.45, 2.75) is 45.6 Å². The number of hydrogen-bond acceptors (Lipinski definition) is 3. The second-order valence-corrected chi connectivity index (χ2v) is 8.60. The van der Waals surface area contributed by atoms with E-state index in [4.69, 9.17) is 11.6 Å². The first-order valence-corrected chi connectivity index (χ1v) is 10.5. The van der Waals surface area contributed by atoms with Gasteiger partial charge in [0.15, 0.2) is 0 Å². The van der Waals surface area contributed by atoms with E-state index in [9.17, 15) is 13.2 Å². The Morgan fingerprint density at radius 3 is 2.46 bits per heavy atom. The van der Waals surface area contributed by atoms with Crippen LogP contribution in [0.25, 0.3) is 0 Å². The summed E-state index contributed by atoms with van der Waals surface area (Å²) in [6.45, 7) is 5.05. The number of carbonyl (C=O) groups excluding carboxylic acids is 1. The zero-order valence-electron chi connectivity index (χ0n) is 14.5. The van der Waals surface area contributed by atoms with E-state index in [0.29, 0.717) is 30.2 Å². The molecule has 1 aromatic rings. The Bertz CT molecular complexity index is 700. The fourth-order valence-electron chi connectivity index (χ4n) is 3.16. The van der Waals surface area contributed by atoms with Gasteiger partial charge in [-0.1, -0.05) is 24.6 Å². The second-order valence-electron chi connectivity index (χ2n) is 6.30. The van der Waals surface area contributed by atoms with Crippen LogP contribution in [0.3, 0.4) is 0 Å². The third kappa shape index (κ3) is 4.22. The molecule has 1 atom stereocenters. The van der Waals surface area contributed by atoms with Gasteiger partial charge in [0.25, 0.3) is 0 Å². The Kier molecular flexibility index (Phi) is 6.15. The predicted molar refractivity (Wildman–Crippen MR) is 98.0 cm³/mol. The van der Waals surface area contributed by atoms with Crippen molar-refractivity contribution in [1.29, 1.82) is 0 Å². The molecule has 1 fully saturated rings. The minimum Gasteiger partial charge on any atom is -0.341 e. The first-order chi connectivity index (χ1) is 11.3. The average Bonchev–Trinajstić information content (AvgIpc) is 2.54. The molecule has 1 aliphatic rings. The number of carbonyl (C=O) groups is 1. The number of likely N-dealkylation sites (tertiary alicyclic amines) is 1. The number of piperidine rings is 1. The van der Waals surface area contributed by atoms with Crippen LogP contribution in [0.15, 0.2) is 18.2 Å². The molecule has 5 nitrogen and oxygen atoms in total. The van der Waals surface area contributed by atoms with E-state index in [2.05, 4.69) is 0 Å². The minimum absolute atomic E-state index is 0.123. The standard InChI is InChI=1S/C17H25ClN2O3S/c1-4-15(17(21)19-10-6-5-7-11-19)20(24(3,22)23)16-12-14(18)9-8-13(16)2/h8-9,12,15H,4-7,10-11H2,1-3H3/t15-/m0/s1. The zero-order chi connectivity index (χ0) is 17.9. The number of nitrogens with zero attached hydrogens (tertiary/aromatic N) is 2. The van der Waals surface area contributed by atoms with Crippen molar-refractivity contribution < 1.29 is 13.2 Å². The van der Waals surface area contributed by atoms with Gasteiger partial charge in [-0.15, -0.1) is 0 Å². The van der Waals surface area contributed by atoms with Crippen molar-refractivity contribution in [2.24, 2.45) is 0 Å². The second kappa shape index (κ2) is 7.74. The number of aryl methyl sites for hydroxylation is 1. The Morgan fingerprint density at radius 1 is 1.29 bits per heavy atom.